The maximum absolute atomic E-state index is 13.0. The molecule has 6 heterocycles. The van der Waals surface area contributed by atoms with Crippen LogP contribution >= 0.6 is 0 Å². The Bertz CT molecular complexity index is 1530. The van der Waals surface area contributed by atoms with E-state index < -0.39 is 0 Å². The molecule has 8 heteroatoms. The van der Waals surface area contributed by atoms with Gasteiger partial charge >= 0.3 is 0 Å². The number of amides is 1. The van der Waals surface area contributed by atoms with Crippen LogP contribution < -0.4 is 10.6 Å². The topological polar surface area (TPSA) is 84.3 Å². The minimum Gasteiger partial charge on any atom is -0.380 e. The van der Waals surface area contributed by atoms with Gasteiger partial charge in [0, 0.05) is 56.3 Å². The van der Waals surface area contributed by atoms with Gasteiger partial charge in [0.1, 0.15) is 11.5 Å². The van der Waals surface area contributed by atoms with E-state index in [1.54, 1.807) is 0 Å². The molecule has 3 aromatic heterocycles. The summed E-state index contributed by atoms with van der Waals surface area (Å²) in [5.41, 5.74) is 7.90. The van der Waals surface area contributed by atoms with Crippen LogP contribution in [0.4, 0.5) is 11.5 Å². The molecule has 0 unspecified atom stereocenters. The SMILES string of the molecule is CN1Cc2nc(Nc3ccc(-c4ccnc5c4ccn5C)c4c3C(=O)NC4)ccc2[C@H]2COC[C@@H]2C1. The van der Waals surface area contributed by atoms with Gasteiger partial charge in [-0.25, -0.2) is 9.97 Å². The van der Waals surface area contributed by atoms with Crippen molar-refractivity contribution in [1.29, 1.82) is 0 Å². The third-order valence-electron chi connectivity index (χ3n) is 7.86. The third-order valence-corrected chi connectivity index (χ3v) is 7.86. The van der Waals surface area contributed by atoms with Crippen molar-refractivity contribution >= 4 is 28.4 Å². The number of nitrogens with zero attached hydrogens (tertiary/aromatic N) is 4. The van der Waals surface area contributed by atoms with E-state index in [1.165, 1.54) is 5.56 Å². The van der Waals surface area contributed by atoms with Crippen molar-refractivity contribution in [3.05, 3.63) is 71.2 Å². The Kier molecular flexibility index (Phi) is 4.87. The lowest BCUT2D eigenvalue weighted by molar-refractivity contribution is 0.0966. The molecule has 36 heavy (non-hydrogen) atoms. The molecule has 0 aliphatic carbocycles. The first kappa shape index (κ1) is 21.5. The summed E-state index contributed by atoms with van der Waals surface area (Å²) in [4.78, 5) is 24.8. The maximum atomic E-state index is 13.0. The second-order valence-corrected chi connectivity index (χ2v) is 10.2. The number of aromatic nitrogens is 3. The molecule has 3 aliphatic rings. The lowest BCUT2D eigenvalue weighted by atomic mass is 9.89. The van der Waals surface area contributed by atoms with E-state index in [4.69, 9.17) is 9.72 Å². The van der Waals surface area contributed by atoms with Crippen molar-refractivity contribution in [3.63, 3.8) is 0 Å². The average molecular weight is 481 g/mol. The van der Waals surface area contributed by atoms with Gasteiger partial charge in [0.15, 0.2) is 0 Å². The number of fused-ring (bicyclic) bond motifs is 5. The number of ether oxygens (including phenoxy) is 1. The normalized spacial score (nSPS) is 21.1. The van der Waals surface area contributed by atoms with Gasteiger partial charge in [-0.05, 0) is 53.6 Å². The number of rotatable bonds is 3. The highest BCUT2D eigenvalue weighted by molar-refractivity contribution is 6.07. The molecule has 8 nitrogen and oxygen atoms in total. The molecule has 1 saturated heterocycles. The predicted molar refractivity (Wildman–Crippen MR) is 138 cm³/mol. The molecule has 7 rings (SSSR count). The minimum atomic E-state index is -0.0619. The Balaban J connectivity index is 1.28. The molecule has 0 spiro atoms. The molecule has 2 atom stereocenters. The van der Waals surface area contributed by atoms with Gasteiger partial charge in [-0.2, -0.15) is 0 Å². The number of nitrogens with one attached hydrogen (secondary N) is 2. The van der Waals surface area contributed by atoms with Crippen molar-refractivity contribution < 1.29 is 9.53 Å². The smallest absolute Gasteiger partial charge is 0.254 e. The fourth-order valence-corrected chi connectivity index (χ4v) is 6.13. The van der Waals surface area contributed by atoms with Crippen LogP contribution in [0.15, 0.2) is 48.8 Å². The van der Waals surface area contributed by atoms with Crippen molar-refractivity contribution in [3.8, 4) is 11.1 Å². The molecular formula is C28H28N6O2. The second kappa shape index (κ2) is 8.15. The first-order chi connectivity index (χ1) is 17.6. The van der Waals surface area contributed by atoms with Gasteiger partial charge in [-0.15, -0.1) is 0 Å². The average Bonchev–Trinajstić information content (AvgIpc) is 3.57. The largest absolute Gasteiger partial charge is 0.380 e. The Hall–Kier alpha value is -3.75. The zero-order valence-electron chi connectivity index (χ0n) is 20.4. The van der Waals surface area contributed by atoms with Gasteiger partial charge in [0.05, 0.1) is 30.2 Å². The van der Waals surface area contributed by atoms with Crippen molar-refractivity contribution in [2.24, 2.45) is 13.0 Å². The van der Waals surface area contributed by atoms with Gasteiger partial charge in [0.2, 0.25) is 0 Å². The molecule has 0 bridgehead atoms. The monoisotopic (exact) mass is 480 g/mol. The molecule has 0 radical (unpaired) electrons. The summed E-state index contributed by atoms with van der Waals surface area (Å²) in [5, 5.41) is 7.56. The number of carbonyl (C=O) groups excluding carboxylic acids is 1. The molecular weight excluding hydrogens is 452 g/mol. The summed E-state index contributed by atoms with van der Waals surface area (Å²) in [6.45, 7) is 3.90. The van der Waals surface area contributed by atoms with Crippen molar-refractivity contribution in [1.82, 2.24) is 24.8 Å². The number of pyridine rings is 2. The number of aryl methyl sites for hydroxylation is 1. The van der Waals surface area contributed by atoms with E-state index in [9.17, 15) is 4.79 Å². The number of hydrogen-bond acceptors (Lipinski definition) is 6. The number of carbonyl (C=O) groups is 1. The molecule has 3 aliphatic heterocycles. The van der Waals surface area contributed by atoms with Gasteiger partial charge in [0.25, 0.3) is 5.91 Å². The van der Waals surface area contributed by atoms with E-state index >= 15 is 0 Å². The van der Waals surface area contributed by atoms with Crippen LogP contribution in [0.2, 0.25) is 0 Å². The molecule has 0 saturated carbocycles. The summed E-state index contributed by atoms with van der Waals surface area (Å²) in [6.07, 6.45) is 3.85. The summed E-state index contributed by atoms with van der Waals surface area (Å²) < 4.78 is 7.81. The van der Waals surface area contributed by atoms with E-state index in [1.807, 2.05) is 42.2 Å². The van der Waals surface area contributed by atoms with Crippen LogP contribution in [0.5, 0.6) is 0 Å². The maximum Gasteiger partial charge on any atom is 0.254 e. The molecule has 2 N–H and O–H groups in total. The highest BCUT2D eigenvalue weighted by Crippen LogP contribution is 2.39. The molecule has 182 valence electrons. The summed E-state index contributed by atoms with van der Waals surface area (Å²) in [6, 6.07) is 12.4. The summed E-state index contributed by atoms with van der Waals surface area (Å²) in [7, 11) is 4.14. The predicted octanol–water partition coefficient (Wildman–Crippen LogP) is 3.80. The number of anilines is 2. The molecule has 1 fully saturated rings. The lowest BCUT2D eigenvalue weighted by Gasteiger charge is -2.18. The Morgan fingerprint density at radius 1 is 1.08 bits per heavy atom. The Labute approximate surface area is 209 Å². The lowest BCUT2D eigenvalue weighted by Crippen LogP contribution is -2.25. The number of hydrogen-bond donors (Lipinski definition) is 2. The quantitative estimate of drug-likeness (QED) is 0.464. The zero-order valence-corrected chi connectivity index (χ0v) is 20.4. The van der Waals surface area contributed by atoms with Gasteiger partial charge < -0.3 is 24.8 Å². The summed E-state index contributed by atoms with van der Waals surface area (Å²) in [5.74, 6) is 1.60. The van der Waals surface area contributed by atoms with Gasteiger partial charge in [-0.3, -0.25) is 4.79 Å². The first-order valence-electron chi connectivity index (χ1n) is 12.4. The van der Waals surface area contributed by atoms with Crippen LogP contribution in [0.3, 0.4) is 0 Å². The Morgan fingerprint density at radius 2 is 2.00 bits per heavy atom. The van der Waals surface area contributed by atoms with Crippen molar-refractivity contribution in [2.75, 3.05) is 32.1 Å². The molecule has 1 aromatic carbocycles. The highest BCUT2D eigenvalue weighted by atomic mass is 16.5. The zero-order chi connectivity index (χ0) is 24.4. The first-order valence-corrected chi connectivity index (χ1v) is 12.4. The van der Waals surface area contributed by atoms with Crippen LogP contribution in [-0.4, -0.2) is 52.1 Å². The van der Waals surface area contributed by atoms with E-state index in [-0.39, 0.29) is 5.91 Å². The standard InChI is InChI=1S/C28H28N6O2/c1-33-12-16-14-36-15-22(16)19-4-6-25(32-24(19)13-33)31-23-5-3-17(21-11-30-28(35)26(21)23)18-7-9-29-27-20(18)8-10-34(27)2/h3-10,16,22H,11-15H2,1-2H3,(H,30,35)(H,31,32)/t16-,22-/m0/s1. The van der Waals surface area contributed by atoms with Crippen LogP contribution in [0.25, 0.3) is 22.2 Å². The van der Waals surface area contributed by atoms with Crippen LogP contribution in [0.1, 0.15) is 33.1 Å². The minimum absolute atomic E-state index is 0.0619. The number of benzene rings is 1. The molecule has 1 amide bonds. The summed E-state index contributed by atoms with van der Waals surface area (Å²) >= 11 is 0. The van der Waals surface area contributed by atoms with E-state index in [0.29, 0.717) is 23.9 Å². The fourth-order valence-electron chi connectivity index (χ4n) is 6.13. The van der Waals surface area contributed by atoms with E-state index in [0.717, 1.165) is 71.2 Å². The van der Waals surface area contributed by atoms with E-state index in [2.05, 4.69) is 45.8 Å². The Morgan fingerprint density at radius 3 is 2.92 bits per heavy atom. The third kappa shape index (κ3) is 3.32. The molecule has 4 aromatic rings. The van der Waals surface area contributed by atoms with Gasteiger partial charge in [-0.1, -0.05) is 12.1 Å². The van der Waals surface area contributed by atoms with Crippen molar-refractivity contribution in [2.45, 2.75) is 19.0 Å². The highest BCUT2D eigenvalue weighted by Gasteiger charge is 2.35. The fraction of sp³-hybridized carbons (Fsp3) is 0.321. The van der Waals surface area contributed by atoms with Crippen LogP contribution in [-0.2, 0) is 24.9 Å². The second-order valence-electron chi connectivity index (χ2n) is 10.2. The van der Waals surface area contributed by atoms with Crippen LogP contribution in [0, 0.1) is 5.92 Å².